The summed E-state index contributed by atoms with van der Waals surface area (Å²) in [7, 11) is 1.95. The minimum absolute atomic E-state index is 0.486. The third-order valence-corrected chi connectivity index (χ3v) is 2.44. The van der Waals surface area contributed by atoms with E-state index in [4.69, 9.17) is 11.6 Å². The van der Waals surface area contributed by atoms with Gasteiger partial charge in [-0.25, -0.2) is 9.97 Å². The molecule has 0 unspecified atom stereocenters. The molecule has 4 nitrogen and oxygen atoms in total. The van der Waals surface area contributed by atoms with Crippen molar-refractivity contribution in [2.24, 2.45) is 7.05 Å². The molecule has 78 valence electrons. The zero-order chi connectivity index (χ0) is 10.7. The Hall–Kier alpha value is -1.55. The second-order valence-electron chi connectivity index (χ2n) is 3.19. The Morgan fingerprint density at radius 3 is 3.07 bits per heavy atom. The molecule has 1 N–H and O–H groups in total. The van der Waals surface area contributed by atoms with Gasteiger partial charge in [0.2, 0.25) is 0 Å². The molecule has 0 fully saturated rings. The van der Waals surface area contributed by atoms with E-state index in [1.165, 1.54) is 0 Å². The van der Waals surface area contributed by atoms with E-state index in [1.54, 1.807) is 12.5 Å². The van der Waals surface area contributed by atoms with Crippen molar-refractivity contribution >= 4 is 17.3 Å². The minimum atomic E-state index is 0.486. The molecular weight excluding hydrogens is 212 g/mol. The minimum Gasteiger partial charge on any atom is -0.377 e. The number of hydrogen-bond donors (Lipinski definition) is 1. The molecule has 0 atom stereocenters. The SMILES string of the molecule is Cn1cncc1CNc1cccnc1Cl. The van der Waals surface area contributed by atoms with Gasteiger partial charge in [-0.2, -0.15) is 0 Å². The maximum Gasteiger partial charge on any atom is 0.152 e. The Kier molecular flexibility index (Phi) is 2.87. The van der Waals surface area contributed by atoms with Crippen molar-refractivity contribution in [3.8, 4) is 0 Å². The first kappa shape index (κ1) is 9.98. The van der Waals surface area contributed by atoms with Crippen LogP contribution in [-0.2, 0) is 13.6 Å². The Bertz CT molecular complexity index is 452. The van der Waals surface area contributed by atoms with Crippen LogP contribution in [0.15, 0.2) is 30.9 Å². The summed E-state index contributed by atoms with van der Waals surface area (Å²) in [6.07, 6.45) is 5.25. The number of aryl methyl sites for hydroxylation is 1. The van der Waals surface area contributed by atoms with Gasteiger partial charge in [0, 0.05) is 19.4 Å². The fourth-order valence-electron chi connectivity index (χ4n) is 1.26. The Balaban J connectivity index is 2.06. The Morgan fingerprint density at radius 2 is 2.40 bits per heavy atom. The monoisotopic (exact) mass is 222 g/mol. The van der Waals surface area contributed by atoms with E-state index in [2.05, 4.69) is 15.3 Å². The first-order chi connectivity index (χ1) is 7.27. The molecule has 0 aliphatic carbocycles. The molecule has 0 aliphatic heterocycles. The first-order valence-electron chi connectivity index (χ1n) is 4.57. The van der Waals surface area contributed by atoms with Crippen LogP contribution < -0.4 is 5.32 Å². The predicted octanol–water partition coefficient (Wildman–Crippen LogP) is 2.08. The number of anilines is 1. The fourth-order valence-corrected chi connectivity index (χ4v) is 1.44. The fraction of sp³-hybridized carbons (Fsp3) is 0.200. The lowest BCUT2D eigenvalue weighted by atomic mass is 10.4. The van der Waals surface area contributed by atoms with Gasteiger partial charge >= 0.3 is 0 Å². The summed E-state index contributed by atoms with van der Waals surface area (Å²) in [4.78, 5) is 8.01. The van der Waals surface area contributed by atoms with E-state index in [9.17, 15) is 0 Å². The largest absolute Gasteiger partial charge is 0.377 e. The summed E-state index contributed by atoms with van der Waals surface area (Å²) >= 11 is 5.91. The number of halogens is 1. The van der Waals surface area contributed by atoms with Crippen molar-refractivity contribution < 1.29 is 0 Å². The highest BCUT2D eigenvalue weighted by molar-refractivity contribution is 6.31. The topological polar surface area (TPSA) is 42.7 Å². The molecule has 0 saturated carbocycles. The average Bonchev–Trinajstić information content (AvgIpc) is 2.63. The number of hydrogen-bond acceptors (Lipinski definition) is 3. The van der Waals surface area contributed by atoms with Crippen molar-refractivity contribution in [2.45, 2.75) is 6.54 Å². The molecule has 15 heavy (non-hydrogen) atoms. The maximum absolute atomic E-state index is 5.91. The van der Waals surface area contributed by atoms with Crippen molar-refractivity contribution in [1.29, 1.82) is 0 Å². The molecular formula is C10H11ClN4. The van der Waals surface area contributed by atoms with Crippen LogP contribution in [0.2, 0.25) is 5.15 Å². The summed E-state index contributed by atoms with van der Waals surface area (Å²) in [6, 6.07) is 3.74. The standard InChI is InChI=1S/C10H11ClN4/c1-15-7-12-5-8(15)6-14-9-3-2-4-13-10(9)11/h2-5,7,14H,6H2,1H3. The van der Waals surface area contributed by atoms with Gasteiger partial charge in [-0.15, -0.1) is 0 Å². The lowest BCUT2D eigenvalue weighted by Crippen LogP contribution is -2.04. The summed E-state index contributed by atoms with van der Waals surface area (Å²) in [5.41, 5.74) is 1.93. The number of imidazole rings is 1. The van der Waals surface area contributed by atoms with Crippen molar-refractivity contribution in [2.75, 3.05) is 5.32 Å². The molecule has 2 rings (SSSR count). The second kappa shape index (κ2) is 4.31. The third-order valence-electron chi connectivity index (χ3n) is 2.14. The molecule has 2 aromatic rings. The van der Waals surface area contributed by atoms with Gasteiger partial charge in [0.05, 0.1) is 24.3 Å². The summed E-state index contributed by atoms with van der Waals surface area (Å²) in [6.45, 7) is 0.682. The van der Waals surface area contributed by atoms with Crippen LogP contribution in [0.3, 0.4) is 0 Å². The van der Waals surface area contributed by atoms with Crippen LogP contribution in [-0.4, -0.2) is 14.5 Å². The number of nitrogens with zero attached hydrogens (tertiary/aromatic N) is 3. The smallest absolute Gasteiger partial charge is 0.152 e. The Morgan fingerprint density at radius 1 is 1.53 bits per heavy atom. The summed E-state index contributed by atoms with van der Waals surface area (Å²) in [5, 5.41) is 3.69. The molecule has 0 aromatic carbocycles. The van der Waals surface area contributed by atoms with Gasteiger partial charge in [0.1, 0.15) is 0 Å². The second-order valence-corrected chi connectivity index (χ2v) is 3.55. The molecule has 0 spiro atoms. The van der Waals surface area contributed by atoms with E-state index < -0.39 is 0 Å². The summed E-state index contributed by atoms with van der Waals surface area (Å²) < 4.78 is 1.96. The first-order valence-corrected chi connectivity index (χ1v) is 4.95. The molecule has 0 aliphatic rings. The van der Waals surface area contributed by atoms with E-state index in [-0.39, 0.29) is 0 Å². The Labute approximate surface area is 92.9 Å². The summed E-state index contributed by atoms with van der Waals surface area (Å²) in [5.74, 6) is 0. The van der Waals surface area contributed by atoms with Gasteiger partial charge in [-0.05, 0) is 12.1 Å². The number of aromatic nitrogens is 3. The third kappa shape index (κ3) is 2.27. The highest BCUT2D eigenvalue weighted by Crippen LogP contribution is 2.17. The lowest BCUT2D eigenvalue weighted by molar-refractivity contribution is 0.837. The van der Waals surface area contributed by atoms with Crippen molar-refractivity contribution in [3.63, 3.8) is 0 Å². The molecule has 2 heterocycles. The van der Waals surface area contributed by atoms with Gasteiger partial charge in [0.15, 0.2) is 5.15 Å². The van der Waals surface area contributed by atoms with Crippen LogP contribution in [0.25, 0.3) is 0 Å². The number of pyridine rings is 1. The normalized spacial score (nSPS) is 10.3. The zero-order valence-electron chi connectivity index (χ0n) is 8.31. The van der Waals surface area contributed by atoms with Crippen LogP contribution in [0.5, 0.6) is 0 Å². The molecule has 5 heteroatoms. The molecule has 0 bridgehead atoms. The van der Waals surface area contributed by atoms with Crippen molar-refractivity contribution in [3.05, 3.63) is 41.7 Å². The number of nitrogens with one attached hydrogen (secondary N) is 1. The van der Waals surface area contributed by atoms with E-state index in [0.717, 1.165) is 11.4 Å². The van der Waals surface area contributed by atoms with Crippen LogP contribution >= 0.6 is 11.6 Å². The van der Waals surface area contributed by atoms with Gasteiger partial charge in [-0.1, -0.05) is 11.6 Å². The molecule has 0 amide bonds. The van der Waals surface area contributed by atoms with Crippen LogP contribution in [0.1, 0.15) is 5.69 Å². The van der Waals surface area contributed by atoms with Crippen molar-refractivity contribution in [1.82, 2.24) is 14.5 Å². The molecule has 0 radical (unpaired) electrons. The highest BCUT2D eigenvalue weighted by atomic mass is 35.5. The lowest BCUT2D eigenvalue weighted by Gasteiger charge is -2.07. The maximum atomic E-state index is 5.91. The van der Waals surface area contributed by atoms with E-state index in [0.29, 0.717) is 11.7 Å². The molecule has 2 aromatic heterocycles. The average molecular weight is 223 g/mol. The number of rotatable bonds is 3. The van der Waals surface area contributed by atoms with E-state index in [1.807, 2.05) is 29.9 Å². The zero-order valence-corrected chi connectivity index (χ0v) is 9.07. The highest BCUT2D eigenvalue weighted by Gasteiger charge is 2.01. The van der Waals surface area contributed by atoms with E-state index >= 15 is 0 Å². The van der Waals surface area contributed by atoms with Gasteiger partial charge < -0.3 is 9.88 Å². The van der Waals surface area contributed by atoms with Gasteiger partial charge in [-0.3, -0.25) is 0 Å². The van der Waals surface area contributed by atoms with Crippen LogP contribution in [0, 0.1) is 0 Å². The quantitative estimate of drug-likeness (QED) is 0.809. The van der Waals surface area contributed by atoms with Crippen LogP contribution in [0.4, 0.5) is 5.69 Å². The molecule has 0 saturated heterocycles. The predicted molar refractivity (Wildman–Crippen MR) is 59.8 cm³/mol. The van der Waals surface area contributed by atoms with Gasteiger partial charge in [0.25, 0.3) is 0 Å².